The van der Waals surface area contributed by atoms with Gasteiger partial charge in [-0.25, -0.2) is 9.50 Å². The van der Waals surface area contributed by atoms with Crippen molar-refractivity contribution in [3.63, 3.8) is 0 Å². The van der Waals surface area contributed by atoms with Crippen molar-refractivity contribution in [2.45, 2.75) is 0 Å². The van der Waals surface area contributed by atoms with E-state index in [1.165, 1.54) is 0 Å². The first-order valence-electron chi connectivity index (χ1n) is 7.68. The molecule has 0 saturated heterocycles. The largest absolute Gasteiger partial charge is 0.369 e. The second kappa shape index (κ2) is 6.67. The Morgan fingerprint density at radius 3 is 2.67 bits per heavy atom. The van der Waals surface area contributed by atoms with Gasteiger partial charge in [-0.1, -0.05) is 12.1 Å². The zero-order valence-corrected chi connectivity index (χ0v) is 13.7. The van der Waals surface area contributed by atoms with E-state index in [2.05, 4.69) is 20.3 Å². The van der Waals surface area contributed by atoms with Crippen LogP contribution in [0.4, 0.5) is 5.82 Å². The van der Waals surface area contributed by atoms with Gasteiger partial charge in [-0.2, -0.15) is 5.10 Å². The molecule has 1 aromatic carbocycles. The van der Waals surface area contributed by atoms with Crippen molar-refractivity contribution in [2.75, 3.05) is 32.5 Å². The summed E-state index contributed by atoms with van der Waals surface area (Å²) in [4.78, 5) is 17.9. The molecule has 0 aliphatic rings. The van der Waals surface area contributed by atoms with E-state index in [1.54, 1.807) is 22.8 Å². The number of nitrogens with one attached hydrogen (secondary N) is 1. The second-order valence-corrected chi connectivity index (χ2v) is 5.81. The maximum Gasteiger partial charge on any atom is 0.248 e. The van der Waals surface area contributed by atoms with Gasteiger partial charge in [-0.3, -0.25) is 4.79 Å². The van der Waals surface area contributed by atoms with E-state index in [9.17, 15) is 4.79 Å². The van der Waals surface area contributed by atoms with Crippen molar-refractivity contribution >= 4 is 17.4 Å². The highest BCUT2D eigenvalue weighted by Gasteiger charge is 2.10. The van der Waals surface area contributed by atoms with Crippen molar-refractivity contribution in [3.05, 3.63) is 48.3 Å². The average molecular weight is 324 g/mol. The summed E-state index contributed by atoms with van der Waals surface area (Å²) in [5.74, 6) is 0.367. The maximum absolute atomic E-state index is 11.2. The van der Waals surface area contributed by atoms with E-state index in [1.807, 2.05) is 38.5 Å². The van der Waals surface area contributed by atoms with Crippen LogP contribution in [0.5, 0.6) is 0 Å². The first-order valence-corrected chi connectivity index (χ1v) is 7.68. The molecule has 0 radical (unpaired) electrons. The Bertz CT molecular complexity index is 853. The molecule has 0 aliphatic heterocycles. The van der Waals surface area contributed by atoms with E-state index in [0.29, 0.717) is 5.56 Å². The number of rotatable bonds is 6. The van der Waals surface area contributed by atoms with Crippen molar-refractivity contribution in [2.24, 2.45) is 5.73 Å². The van der Waals surface area contributed by atoms with Crippen LogP contribution in [0.15, 0.2) is 42.7 Å². The molecule has 3 rings (SSSR count). The lowest BCUT2D eigenvalue weighted by atomic mass is 10.1. The molecule has 0 spiro atoms. The van der Waals surface area contributed by atoms with Crippen LogP contribution in [0.25, 0.3) is 16.8 Å². The Morgan fingerprint density at radius 1 is 1.25 bits per heavy atom. The van der Waals surface area contributed by atoms with Crippen molar-refractivity contribution in [1.29, 1.82) is 0 Å². The van der Waals surface area contributed by atoms with E-state index < -0.39 is 5.91 Å². The summed E-state index contributed by atoms with van der Waals surface area (Å²) < 4.78 is 1.73. The van der Waals surface area contributed by atoms with E-state index in [4.69, 9.17) is 5.73 Å². The molecule has 0 fully saturated rings. The molecular weight excluding hydrogens is 304 g/mol. The molecule has 7 nitrogen and oxygen atoms in total. The number of fused-ring (bicyclic) bond motifs is 1. The number of carbonyl (C=O) groups is 1. The summed E-state index contributed by atoms with van der Waals surface area (Å²) in [6, 6.07) is 9.02. The Balaban J connectivity index is 1.89. The van der Waals surface area contributed by atoms with Gasteiger partial charge in [0.2, 0.25) is 5.91 Å². The third-order valence-electron chi connectivity index (χ3n) is 3.71. The van der Waals surface area contributed by atoms with Crippen LogP contribution in [0, 0.1) is 0 Å². The van der Waals surface area contributed by atoms with Crippen LogP contribution < -0.4 is 11.1 Å². The van der Waals surface area contributed by atoms with E-state index >= 15 is 0 Å². The third-order valence-corrected chi connectivity index (χ3v) is 3.71. The number of nitrogens with zero attached hydrogens (tertiary/aromatic N) is 4. The molecule has 3 N–H and O–H groups in total. The van der Waals surface area contributed by atoms with Crippen molar-refractivity contribution < 1.29 is 4.79 Å². The first kappa shape index (κ1) is 15.9. The number of amides is 1. The highest BCUT2D eigenvalue weighted by Crippen LogP contribution is 2.24. The standard InChI is InChI=1S/C17H20N6O/c1-22(2)10-8-19-15-7-9-23-17(21-15)14(11-20-23)12-3-5-13(6-4-12)16(18)24/h3-7,9,11H,8,10H2,1-2H3,(H2,18,24)(H,19,21). The second-order valence-electron chi connectivity index (χ2n) is 5.81. The molecule has 7 heteroatoms. The highest BCUT2D eigenvalue weighted by molar-refractivity contribution is 5.93. The van der Waals surface area contributed by atoms with Crippen molar-refractivity contribution in [3.8, 4) is 11.1 Å². The van der Waals surface area contributed by atoms with Gasteiger partial charge in [-0.15, -0.1) is 0 Å². The molecule has 0 bridgehead atoms. The molecular formula is C17H20N6O. The fraction of sp³-hybridized carbons (Fsp3) is 0.235. The number of likely N-dealkylation sites (N-methyl/N-ethyl adjacent to an activating group) is 1. The smallest absolute Gasteiger partial charge is 0.248 e. The van der Waals surface area contributed by atoms with Crippen LogP contribution in [0.1, 0.15) is 10.4 Å². The summed E-state index contributed by atoms with van der Waals surface area (Å²) in [6.07, 6.45) is 3.65. The number of aromatic nitrogens is 3. The van der Waals surface area contributed by atoms with Crippen LogP contribution in [-0.4, -0.2) is 52.6 Å². The number of hydrogen-bond acceptors (Lipinski definition) is 5. The van der Waals surface area contributed by atoms with Gasteiger partial charge in [0.1, 0.15) is 5.82 Å². The minimum Gasteiger partial charge on any atom is -0.369 e. The summed E-state index contributed by atoms with van der Waals surface area (Å²) in [6.45, 7) is 1.74. The third kappa shape index (κ3) is 3.36. The molecule has 2 aromatic heterocycles. The Morgan fingerprint density at radius 2 is 2.00 bits per heavy atom. The van der Waals surface area contributed by atoms with E-state index in [-0.39, 0.29) is 0 Å². The molecule has 1 amide bonds. The lowest BCUT2D eigenvalue weighted by Gasteiger charge is -2.11. The van der Waals surface area contributed by atoms with Gasteiger partial charge in [0, 0.05) is 30.4 Å². The quantitative estimate of drug-likeness (QED) is 0.717. The molecule has 2 heterocycles. The topological polar surface area (TPSA) is 88.5 Å². The highest BCUT2D eigenvalue weighted by atomic mass is 16.1. The van der Waals surface area contributed by atoms with Crippen LogP contribution in [-0.2, 0) is 0 Å². The van der Waals surface area contributed by atoms with Gasteiger partial charge < -0.3 is 16.0 Å². The number of anilines is 1. The minimum absolute atomic E-state index is 0.438. The summed E-state index contributed by atoms with van der Waals surface area (Å²) in [5, 5.41) is 7.63. The predicted octanol–water partition coefficient (Wildman–Crippen LogP) is 1.47. The average Bonchev–Trinajstić information content (AvgIpc) is 2.98. The van der Waals surface area contributed by atoms with Gasteiger partial charge in [0.15, 0.2) is 5.65 Å². The summed E-state index contributed by atoms with van der Waals surface area (Å²) >= 11 is 0. The molecule has 24 heavy (non-hydrogen) atoms. The number of primary amides is 1. The number of nitrogens with two attached hydrogens (primary N) is 1. The van der Waals surface area contributed by atoms with Crippen LogP contribution in [0.2, 0.25) is 0 Å². The molecule has 0 unspecified atom stereocenters. The molecule has 0 aliphatic carbocycles. The monoisotopic (exact) mass is 324 g/mol. The van der Waals surface area contributed by atoms with Crippen molar-refractivity contribution in [1.82, 2.24) is 19.5 Å². The normalized spacial score (nSPS) is 11.1. The Labute approximate surface area is 140 Å². The summed E-state index contributed by atoms with van der Waals surface area (Å²) in [5.41, 5.74) is 8.37. The summed E-state index contributed by atoms with van der Waals surface area (Å²) in [7, 11) is 4.06. The maximum atomic E-state index is 11.2. The molecule has 0 atom stereocenters. The Kier molecular flexibility index (Phi) is 4.43. The Hall–Kier alpha value is -2.93. The zero-order valence-electron chi connectivity index (χ0n) is 13.7. The lowest BCUT2D eigenvalue weighted by molar-refractivity contribution is 0.100. The number of hydrogen-bond donors (Lipinski definition) is 2. The van der Waals surface area contributed by atoms with Gasteiger partial charge in [0.25, 0.3) is 0 Å². The van der Waals surface area contributed by atoms with E-state index in [0.717, 1.165) is 35.7 Å². The SMILES string of the molecule is CN(C)CCNc1ccn2ncc(-c3ccc(C(N)=O)cc3)c2n1. The predicted molar refractivity (Wildman–Crippen MR) is 94.0 cm³/mol. The fourth-order valence-corrected chi connectivity index (χ4v) is 2.39. The molecule has 3 aromatic rings. The van der Waals surface area contributed by atoms with Crippen LogP contribution >= 0.6 is 0 Å². The van der Waals surface area contributed by atoms with Gasteiger partial charge in [-0.05, 0) is 37.9 Å². The van der Waals surface area contributed by atoms with Gasteiger partial charge >= 0.3 is 0 Å². The first-order chi connectivity index (χ1) is 11.5. The lowest BCUT2D eigenvalue weighted by Crippen LogP contribution is -2.21. The zero-order chi connectivity index (χ0) is 17.1. The fourth-order valence-electron chi connectivity index (χ4n) is 2.39. The molecule has 0 saturated carbocycles. The minimum atomic E-state index is -0.438. The molecule has 124 valence electrons. The van der Waals surface area contributed by atoms with Gasteiger partial charge in [0.05, 0.1) is 6.20 Å². The number of benzene rings is 1. The van der Waals surface area contributed by atoms with Crippen LogP contribution in [0.3, 0.4) is 0 Å². The number of carbonyl (C=O) groups excluding carboxylic acids is 1.